The molecule has 0 aromatic heterocycles. The van der Waals surface area contributed by atoms with Gasteiger partial charge in [0, 0.05) is 12.6 Å². The molecular weight excluding hydrogens is 344 g/mol. The Labute approximate surface area is 158 Å². The molecule has 27 heavy (non-hydrogen) atoms. The predicted molar refractivity (Wildman–Crippen MR) is 102 cm³/mol. The molecule has 0 aliphatic heterocycles. The molecule has 0 heterocycles. The molecule has 1 fully saturated rings. The third kappa shape index (κ3) is 5.74. The van der Waals surface area contributed by atoms with Crippen LogP contribution in [-0.2, 0) is 11.2 Å². The first kappa shape index (κ1) is 18.8. The Bertz CT molecular complexity index is 813. The number of amides is 2. The van der Waals surface area contributed by atoms with E-state index in [1.54, 1.807) is 18.2 Å². The van der Waals surface area contributed by atoms with Gasteiger partial charge in [-0.25, -0.2) is 0 Å². The minimum atomic E-state index is -0.297. The van der Waals surface area contributed by atoms with Crippen LogP contribution in [0.5, 0.6) is 11.5 Å². The Balaban J connectivity index is 1.41. The van der Waals surface area contributed by atoms with Crippen molar-refractivity contribution < 1.29 is 19.4 Å². The van der Waals surface area contributed by atoms with E-state index in [-0.39, 0.29) is 29.7 Å². The van der Waals surface area contributed by atoms with E-state index in [0.717, 1.165) is 24.0 Å². The average molecular weight is 368 g/mol. The third-order valence-corrected chi connectivity index (χ3v) is 4.33. The first-order chi connectivity index (χ1) is 13.0. The van der Waals surface area contributed by atoms with Crippen LogP contribution in [0.25, 0.3) is 0 Å². The minimum Gasteiger partial charge on any atom is -0.507 e. The summed E-state index contributed by atoms with van der Waals surface area (Å²) in [5, 5.41) is 15.5. The summed E-state index contributed by atoms with van der Waals surface area (Å²) in [6.07, 6.45) is 2.77. The Kier molecular flexibility index (Phi) is 5.96. The van der Waals surface area contributed by atoms with E-state index in [1.165, 1.54) is 0 Å². The zero-order valence-electron chi connectivity index (χ0n) is 15.3. The summed E-state index contributed by atoms with van der Waals surface area (Å²) in [6.45, 7) is 2.33. The van der Waals surface area contributed by atoms with Gasteiger partial charge < -0.3 is 20.5 Å². The molecule has 0 bridgehead atoms. The third-order valence-electron chi connectivity index (χ3n) is 4.33. The second-order valence-electron chi connectivity index (χ2n) is 6.80. The second-order valence-corrected chi connectivity index (χ2v) is 6.80. The molecule has 3 N–H and O–H groups in total. The van der Waals surface area contributed by atoms with E-state index >= 15 is 0 Å². The van der Waals surface area contributed by atoms with Crippen molar-refractivity contribution in [3.8, 4) is 11.5 Å². The number of aryl methyl sites for hydroxylation is 1. The highest BCUT2D eigenvalue weighted by Gasteiger charge is 2.23. The molecule has 1 aliphatic rings. The fourth-order valence-electron chi connectivity index (χ4n) is 2.65. The smallest absolute Gasteiger partial charge is 0.258 e. The van der Waals surface area contributed by atoms with Crippen molar-refractivity contribution >= 4 is 11.8 Å². The lowest BCUT2D eigenvalue weighted by atomic mass is 10.1. The van der Waals surface area contributed by atoms with Gasteiger partial charge >= 0.3 is 0 Å². The number of hydrogen-bond acceptors (Lipinski definition) is 4. The van der Waals surface area contributed by atoms with Crippen molar-refractivity contribution in [3.63, 3.8) is 0 Å². The van der Waals surface area contributed by atoms with Crippen molar-refractivity contribution in [2.45, 2.75) is 32.2 Å². The van der Waals surface area contributed by atoms with E-state index in [4.69, 9.17) is 4.74 Å². The van der Waals surface area contributed by atoms with Crippen molar-refractivity contribution in [2.75, 3.05) is 13.2 Å². The van der Waals surface area contributed by atoms with Crippen LogP contribution in [0.3, 0.4) is 0 Å². The van der Waals surface area contributed by atoms with Crippen molar-refractivity contribution in [1.29, 1.82) is 0 Å². The number of carbonyl (C=O) groups is 2. The van der Waals surface area contributed by atoms with Gasteiger partial charge in [0.1, 0.15) is 11.5 Å². The van der Waals surface area contributed by atoms with Crippen molar-refractivity contribution in [3.05, 3.63) is 59.2 Å². The molecule has 2 aromatic carbocycles. The van der Waals surface area contributed by atoms with Gasteiger partial charge in [0.05, 0.1) is 5.56 Å². The zero-order chi connectivity index (χ0) is 19.2. The molecule has 0 saturated heterocycles. The number of rotatable bonds is 8. The van der Waals surface area contributed by atoms with Crippen LogP contribution in [0.4, 0.5) is 0 Å². The Morgan fingerprint density at radius 3 is 2.56 bits per heavy atom. The number of carbonyl (C=O) groups excluding carboxylic acids is 2. The Morgan fingerprint density at radius 1 is 1.15 bits per heavy atom. The molecular formula is C21H24N2O4. The maximum absolute atomic E-state index is 12.1. The highest BCUT2D eigenvalue weighted by molar-refractivity contribution is 5.96. The number of ether oxygens (including phenoxy) is 1. The fourth-order valence-corrected chi connectivity index (χ4v) is 2.65. The lowest BCUT2D eigenvalue weighted by Crippen LogP contribution is -2.30. The van der Waals surface area contributed by atoms with Crippen LogP contribution in [0.15, 0.2) is 42.5 Å². The van der Waals surface area contributed by atoms with E-state index in [1.807, 2.05) is 31.2 Å². The molecule has 2 aromatic rings. The number of phenolic OH excluding ortho intramolecular Hbond substituents is 1. The molecule has 0 radical (unpaired) electrons. The lowest BCUT2D eigenvalue weighted by molar-refractivity contribution is -0.123. The van der Waals surface area contributed by atoms with Gasteiger partial charge in [-0.2, -0.15) is 0 Å². The molecule has 1 saturated carbocycles. The van der Waals surface area contributed by atoms with Crippen molar-refractivity contribution in [2.24, 2.45) is 0 Å². The van der Waals surface area contributed by atoms with Gasteiger partial charge in [-0.1, -0.05) is 18.2 Å². The van der Waals surface area contributed by atoms with E-state index in [0.29, 0.717) is 24.8 Å². The number of phenols is 1. The standard InChI is InChI=1S/C21H24N2O4/c1-14-2-9-18(19(24)12-14)21(26)22-11-10-15-3-7-17(8-4-15)27-13-20(25)23-16-5-6-16/h2-4,7-9,12,16,24H,5-6,10-11,13H2,1H3,(H,22,26)(H,23,25). The maximum atomic E-state index is 12.1. The first-order valence-corrected chi connectivity index (χ1v) is 9.10. The van der Waals surface area contributed by atoms with E-state index in [2.05, 4.69) is 10.6 Å². The molecule has 142 valence electrons. The van der Waals surface area contributed by atoms with Crippen molar-refractivity contribution in [1.82, 2.24) is 10.6 Å². The largest absolute Gasteiger partial charge is 0.507 e. The van der Waals surface area contributed by atoms with Crippen LogP contribution in [0, 0.1) is 6.92 Å². The summed E-state index contributed by atoms with van der Waals surface area (Å²) < 4.78 is 5.47. The molecule has 0 spiro atoms. The number of hydrogen-bond donors (Lipinski definition) is 3. The highest BCUT2D eigenvalue weighted by atomic mass is 16.5. The van der Waals surface area contributed by atoms with E-state index < -0.39 is 0 Å². The lowest BCUT2D eigenvalue weighted by Gasteiger charge is -2.09. The first-order valence-electron chi connectivity index (χ1n) is 9.10. The molecule has 6 heteroatoms. The van der Waals surface area contributed by atoms with Crippen LogP contribution in [0.2, 0.25) is 0 Å². The van der Waals surface area contributed by atoms with Gasteiger partial charge in [-0.05, 0) is 61.6 Å². The Morgan fingerprint density at radius 2 is 1.89 bits per heavy atom. The summed E-state index contributed by atoms with van der Waals surface area (Å²) >= 11 is 0. The van der Waals surface area contributed by atoms with Crippen LogP contribution in [0.1, 0.15) is 34.3 Å². The summed E-state index contributed by atoms with van der Waals surface area (Å²) in [4.78, 5) is 23.7. The molecule has 3 rings (SSSR count). The quantitative estimate of drug-likeness (QED) is 0.667. The van der Waals surface area contributed by atoms with Crippen LogP contribution >= 0.6 is 0 Å². The van der Waals surface area contributed by atoms with E-state index in [9.17, 15) is 14.7 Å². The van der Waals surface area contributed by atoms with Gasteiger partial charge in [0.25, 0.3) is 11.8 Å². The monoisotopic (exact) mass is 368 g/mol. The number of benzene rings is 2. The second kappa shape index (κ2) is 8.58. The molecule has 0 atom stereocenters. The van der Waals surface area contributed by atoms with Gasteiger partial charge in [0.2, 0.25) is 0 Å². The highest BCUT2D eigenvalue weighted by Crippen LogP contribution is 2.19. The normalized spacial score (nSPS) is 13.1. The zero-order valence-corrected chi connectivity index (χ0v) is 15.3. The SMILES string of the molecule is Cc1ccc(C(=O)NCCc2ccc(OCC(=O)NC3CC3)cc2)c(O)c1. The van der Waals surface area contributed by atoms with Gasteiger partial charge in [-0.3, -0.25) is 9.59 Å². The molecule has 6 nitrogen and oxygen atoms in total. The Hall–Kier alpha value is -3.02. The van der Waals surface area contributed by atoms with Gasteiger partial charge in [-0.15, -0.1) is 0 Å². The summed E-state index contributed by atoms with van der Waals surface area (Å²) in [5.74, 6) is 0.232. The number of nitrogens with one attached hydrogen (secondary N) is 2. The molecule has 2 amide bonds. The minimum absolute atomic E-state index is 0.0141. The van der Waals surface area contributed by atoms with Gasteiger partial charge in [0.15, 0.2) is 6.61 Å². The fraction of sp³-hybridized carbons (Fsp3) is 0.333. The molecule has 1 aliphatic carbocycles. The van der Waals surface area contributed by atoms with Crippen LogP contribution in [-0.4, -0.2) is 36.1 Å². The topological polar surface area (TPSA) is 87.7 Å². The summed E-state index contributed by atoms with van der Waals surface area (Å²) in [7, 11) is 0. The summed E-state index contributed by atoms with van der Waals surface area (Å²) in [5.41, 5.74) is 2.21. The molecule has 0 unspecified atom stereocenters. The summed E-state index contributed by atoms with van der Waals surface area (Å²) in [6, 6.07) is 12.7. The predicted octanol–water partition coefficient (Wildman–Crippen LogP) is 2.33. The maximum Gasteiger partial charge on any atom is 0.258 e. The number of aromatic hydroxyl groups is 1. The van der Waals surface area contributed by atoms with Crippen LogP contribution < -0.4 is 15.4 Å². The average Bonchev–Trinajstić information content (AvgIpc) is 3.45.